The SMILES string of the molecule is C=C/C(=C\c1c(C)c2ccc(C(/C=C\CC/C=C(C#N)\C=C/N)=C/N)cc2n1-c1ccccc1)c1ccccc1. The van der Waals surface area contributed by atoms with E-state index >= 15 is 0 Å². The van der Waals surface area contributed by atoms with Crippen LogP contribution in [0, 0.1) is 18.3 Å². The van der Waals surface area contributed by atoms with Crippen LogP contribution in [0.5, 0.6) is 0 Å². The summed E-state index contributed by atoms with van der Waals surface area (Å²) in [5.74, 6) is 0. The van der Waals surface area contributed by atoms with Crippen LogP contribution in [0.25, 0.3) is 33.8 Å². The normalized spacial score (nSPS) is 12.8. The first kappa shape index (κ1) is 27.8. The maximum atomic E-state index is 9.14. The third kappa shape index (κ3) is 6.23. The van der Waals surface area contributed by atoms with Gasteiger partial charge in [0.05, 0.1) is 17.3 Å². The molecule has 0 amide bonds. The molecule has 0 aliphatic carbocycles. The van der Waals surface area contributed by atoms with Gasteiger partial charge >= 0.3 is 0 Å². The molecule has 3 aromatic carbocycles. The number of nitrogens with zero attached hydrogens (tertiary/aromatic N) is 2. The van der Waals surface area contributed by atoms with E-state index in [-0.39, 0.29) is 0 Å². The topological polar surface area (TPSA) is 80.8 Å². The first-order valence-electron chi connectivity index (χ1n) is 13.3. The molecular weight excluding hydrogens is 488 g/mol. The average Bonchev–Trinajstić information content (AvgIpc) is 3.28. The van der Waals surface area contributed by atoms with E-state index in [0.29, 0.717) is 5.57 Å². The minimum atomic E-state index is 0.560. The molecular formula is C36H34N4. The molecule has 4 nitrogen and oxygen atoms in total. The number of hydrogen-bond acceptors (Lipinski definition) is 3. The van der Waals surface area contributed by atoms with Crippen LogP contribution in [0.2, 0.25) is 0 Å². The number of hydrogen-bond donors (Lipinski definition) is 2. The van der Waals surface area contributed by atoms with Crippen LogP contribution < -0.4 is 11.5 Å². The standard InChI is InChI=1S/C36H34N4/c1-3-29(30-14-8-5-9-15-30)23-35-27(2)34-20-19-31(24-36(34)40(35)33-17-11-6-12-18-33)32(26-39)16-10-4-7-13-28(25-38)21-22-37/h3,5-6,8-24,26H,1,4,7,37,39H2,2H3/b16-10-,22-21-,28-13+,29-23+,32-26+. The van der Waals surface area contributed by atoms with Gasteiger partial charge in [-0.15, -0.1) is 0 Å². The number of benzene rings is 3. The van der Waals surface area contributed by atoms with Gasteiger partial charge in [-0.25, -0.2) is 0 Å². The highest BCUT2D eigenvalue weighted by molar-refractivity contribution is 5.96. The van der Waals surface area contributed by atoms with Gasteiger partial charge in [0.15, 0.2) is 0 Å². The van der Waals surface area contributed by atoms with Gasteiger partial charge in [-0.05, 0) is 84.2 Å². The van der Waals surface area contributed by atoms with E-state index in [9.17, 15) is 0 Å². The molecule has 0 bridgehead atoms. The third-order valence-corrected chi connectivity index (χ3v) is 6.81. The number of aromatic nitrogens is 1. The van der Waals surface area contributed by atoms with Crippen molar-refractivity contribution in [3.8, 4) is 11.8 Å². The zero-order chi connectivity index (χ0) is 28.3. The van der Waals surface area contributed by atoms with Crippen LogP contribution in [-0.2, 0) is 0 Å². The summed E-state index contributed by atoms with van der Waals surface area (Å²) in [7, 11) is 0. The Hall–Kier alpha value is -5.27. The van der Waals surface area contributed by atoms with E-state index < -0.39 is 0 Å². The molecule has 0 atom stereocenters. The summed E-state index contributed by atoms with van der Waals surface area (Å²) in [5, 5.41) is 10.3. The lowest BCUT2D eigenvalue weighted by atomic mass is 10.0. The average molecular weight is 523 g/mol. The maximum Gasteiger partial charge on any atom is 0.0988 e. The first-order chi connectivity index (χ1) is 19.6. The van der Waals surface area contributed by atoms with Crippen LogP contribution in [0.15, 0.2) is 134 Å². The Kier molecular flexibility index (Phi) is 9.37. The molecule has 0 saturated carbocycles. The summed E-state index contributed by atoms with van der Waals surface area (Å²) in [6, 6.07) is 29.3. The number of unbranched alkanes of at least 4 members (excludes halogenated alkanes) is 1. The van der Waals surface area contributed by atoms with Crippen molar-refractivity contribution < 1.29 is 0 Å². The smallest absolute Gasteiger partial charge is 0.0988 e. The molecule has 0 saturated heterocycles. The second kappa shape index (κ2) is 13.5. The lowest BCUT2D eigenvalue weighted by Crippen LogP contribution is -1.98. The van der Waals surface area contributed by atoms with Gasteiger partial charge in [-0.1, -0.05) is 91.5 Å². The number of fused-ring (bicyclic) bond motifs is 1. The Morgan fingerprint density at radius 3 is 2.27 bits per heavy atom. The number of rotatable bonds is 10. The van der Waals surface area contributed by atoms with Crippen LogP contribution in [0.4, 0.5) is 0 Å². The monoisotopic (exact) mass is 522 g/mol. The highest BCUT2D eigenvalue weighted by Gasteiger charge is 2.16. The Balaban J connectivity index is 1.77. The summed E-state index contributed by atoms with van der Waals surface area (Å²) >= 11 is 0. The fraction of sp³-hybridized carbons (Fsp3) is 0.0833. The van der Waals surface area contributed by atoms with Gasteiger partial charge < -0.3 is 16.0 Å². The Morgan fingerprint density at radius 1 is 0.900 bits per heavy atom. The molecule has 0 spiro atoms. The number of nitriles is 1. The quantitative estimate of drug-likeness (QED) is 0.125. The largest absolute Gasteiger partial charge is 0.405 e. The number of aryl methyl sites for hydroxylation is 1. The first-order valence-corrected chi connectivity index (χ1v) is 13.3. The summed E-state index contributed by atoms with van der Waals surface area (Å²) in [4.78, 5) is 0. The van der Waals surface area contributed by atoms with E-state index in [4.69, 9.17) is 16.7 Å². The molecule has 4 N–H and O–H groups in total. The predicted molar refractivity (Wildman–Crippen MR) is 170 cm³/mol. The van der Waals surface area contributed by atoms with Gasteiger partial charge in [-0.3, -0.25) is 0 Å². The molecule has 4 rings (SSSR count). The summed E-state index contributed by atoms with van der Waals surface area (Å²) in [5.41, 5.74) is 20.7. The van der Waals surface area contributed by atoms with E-state index in [1.54, 1.807) is 12.3 Å². The summed E-state index contributed by atoms with van der Waals surface area (Å²) < 4.78 is 2.30. The van der Waals surface area contributed by atoms with Crippen molar-refractivity contribution in [2.24, 2.45) is 11.5 Å². The van der Waals surface area contributed by atoms with Crippen LogP contribution in [0.3, 0.4) is 0 Å². The number of para-hydroxylation sites is 1. The van der Waals surface area contributed by atoms with Crippen LogP contribution >= 0.6 is 0 Å². The molecule has 198 valence electrons. The van der Waals surface area contributed by atoms with E-state index in [2.05, 4.69) is 90.9 Å². The predicted octanol–water partition coefficient (Wildman–Crippen LogP) is 8.22. The Labute approximate surface area is 236 Å². The molecule has 0 fully saturated rings. The van der Waals surface area contributed by atoms with Crippen molar-refractivity contribution >= 4 is 28.1 Å². The molecule has 1 heterocycles. The molecule has 0 aliphatic heterocycles. The minimum Gasteiger partial charge on any atom is -0.405 e. The second-order valence-electron chi connectivity index (χ2n) is 9.32. The van der Waals surface area contributed by atoms with Gasteiger partial charge in [0, 0.05) is 22.8 Å². The van der Waals surface area contributed by atoms with Gasteiger partial charge in [0.2, 0.25) is 0 Å². The summed E-state index contributed by atoms with van der Waals surface area (Å²) in [6.45, 7) is 6.27. The van der Waals surface area contributed by atoms with Gasteiger partial charge in [-0.2, -0.15) is 5.26 Å². The van der Waals surface area contributed by atoms with Gasteiger partial charge in [0.25, 0.3) is 0 Å². The fourth-order valence-electron chi connectivity index (χ4n) is 4.76. The van der Waals surface area contributed by atoms with Crippen molar-refractivity contribution in [2.75, 3.05) is 0 Å². The number of allylic oxidation sites excluding steroid dienone is 8. The van der Waals surface area contributed by atoms with Crippen LogP contribution in [-0.4, -0.2) is 4.57 Å². The van der Waals surface area contributed by atoms with E-state index in [0.717, 1.165) is 52.0 Å². The van der Waals surface area contributed by atoms with Crippen molar-refractivity contribution in [3.05, 3.63) is 156 Å². The second-order valence-corrected chi connectivity index (χ2v) is 9.32. The number of nitrogens with two attached hydrogens (primary N) is 2. The van der Waals surface area contributed by atoms with Gasteiger partial charge in [0.1, 0.15) is 0 Å². The zero-order valence-corrected chi connectivity index (χ0v) is 22.8. The summed E-state index contributed by atoms with van der Waals surface area (Å²) in [6.07, 6.45) is 16.3. The molecule has 4 aromatic rings. The van der Waals surface area contributed by atoms with Crippen molar-refractivity contribution in [3.63, 3.8) is 0 Å². The molecule has 40 heavy (non-hydrogen) atoms. The zero-order valence-electron chi connectivity index (χ0n) is 22.8. The molecule has 1 aromatic heterocycles. The molecule has 0 unspecified atom stereocenters. The van der Waals surface area contributed by atoms with Crippen LogP contribution in [0.1, 0.15) is 35.2 Å². The highest BCUT2D eigenvalue weighted by atomic mass is 15.0. The highest BCUT2D eigenvalue weighted by Crippen LogP contribution is 2.34. The Bertz CT molecular complexity index is 1670. The van der Waals surface area contributed by atoms with Crippen molar-refractivity contribution in [1.82, 2.24) is 4.57 Å². The third-order valence-electron chi connectivity index (χ3n) is 6.81. The maximum absolute atomic E-state index is 9.14. The minimum absolute atomic E-state index is 0.560. The molecule has 0 aliphatic rings. The Morgan fingerprint density at radius 2 is 1.62 bits per heavy atom. The lowest BCUT2D eigenvalue weighted by molar-refractivity contribution is 1.05. The fourth-order valence-corrected chi connectivity index (χ4v) is 4.76. The van der Waals surface area contributed by atoms with E-state index in [1.165, 1.54) is 17.1 Å². The molecule has 4 heteroatoms. The lowest BCUT2D eigenvalue weighted by Gasteiger charge is -2.12. The van der Waals surface area contributed by atoms with E-state index in [1.807, 2.05) is 42.5 Å². The van der Waals surface area contributed by atoms with Crippen molar-refractivity contribution in [2.45, 2.75) is 19.8 Å². The van der Waals surface area contributed by atoms with Crippen molar-refractivity contribution in [1.29, 1.82) is 5.26 Å². The molecule has 0 radical (unpaired) electrons.